The van der Waals surface area contributed by atoms with Crippen molar-refractivity contribution in [3.63, 3.8) is 0 Å². The molecule has 0 bridgehead atoms. The number of hydrogen-bond acceptors (Lipinski definition) is 2. The summed E-state index contributed by atoms with van der Waals surface area (Å²) < 4.78 is 6.42. The predicted octanol–water partition coefficient (Wildman–Crippen LogP) is 4.03. The monoisotopic (exact) mass is 333 g/mol. The van der Waals surface area contributed by atoms with E-state index in [0.717, 1.165) is 27.9 Å². The van der Waals surface area contributed by atoms with Gasteiger partial charge in [-0.25, -0.2) is 0 Å². The van der Waals surface area contributed by atoms with Gasteiger partial charge in [0.1, 0.15) is 5.75 Å². The molecule has 104 valence electrons. The van der Waals surface area contributed by atoms with Crippen LogP contribution in [0.3, 0.4) is 0 Å². The molecule has 0 radical (unpaired) electrons. The largest absolute Gasteiger partial charge is 0.483 e. The Hall–Kier alpha value is -1.81. The molecule has 0 aliphatic heterocycles. The van der Waals surface area contributed by atoms with Crippen LogP contribution in [0.1, 0.15) is 12.5 Å². The summed E-state index contributed by atoms with van der Waals surface area (Å²) in [5.74, 6) is 0.583. The number of para-hydroxylation sites is 2. The molecular weight excluding hydrogens is 318 g/mol. The maximum Gasteiger partial charge on any atom is 0.262 e. The molecule has 0 aromatic heterocycles. The Labute approximate surface area is 127 Å². The SMILES string of the molecule is CCc1ccccc1OCC(=O)Nc1ccccc1Br. The van der Waals surface area contributed by atoms with Gasteiger partial charge in [-0.15, -0.1) is 0 Å². The number of anilines is 1. The molecule has 0 aliphatic carbocycles. The van der Waals surface area contributed by atoms with Crippen LogP contribution in [0.15, 0.2) is 53.0 Å². The molecule has 0 atom stereocenters. The van der Waals surface area contributed by atoms with Crippen molar-refractivity contribution in [3.8, 4) is 5.75 Å². The van der Waals surface area contributed by atoms with Crippen molar-refractivity contribution in [3.05, 3.63) is 58.6 Å². The van der Waals surface area contributed by atoms with E-state index in [-0.39, 0.29) is 12.5 Å². The molecule has 2 aromatic carbocycles. The number of carbonyl (C=O) groups excluding carboxylic acids is 1. The van der Waals surface area contributed by atoms with Gasteiger partial charge < -0.3 is 10.1 Å². The fraction of sp³-hybridized carbons (Fsp3) is 0.188. The summed E-state index contributed by atoms with van der Waals surface area (Å²) >= 11 is 3.39. The molecular formula is C16H16BrNO2. The zero-order chi connectivity index (χ0) is 14.4. The molecule has 0 unspecified atom stereocenters. The Morgan fingerprint density at radius 1 is 1.15 bits per heavy atom. The Kier molecular flexibility index (Phi) is 5.18. The number of aryl methyl sites for hydroxylation is 1. The molecule has 0 aliphatic rings. The quantitative estimate of drug-likeness (QED) is 0.897. The summed E-state index contributed by atoms with van der Waals surface area (Å²) in [6.07, 6.45) is 0.877. The molecule has 2 aromatic rings. The van der Waals surface area contributed by atoms with Crippen molar-refractivity contribution < 1.29 is 9.53 Å². The van der Waals surface area contributed by atoms with Gasteiger partial charge in [-0.3, -0.25) is 4.79 Å². The molecule has 0 spiro atoms. The number of ether oxygens (including phenoxy) is 1. The van der Waals surface area contributed by atoms with E-state index < -0.39 is 0 Å². The number of benzene rings is 2. The average molecular weight is 334 g/mol. The maximum absolute atomic E-state index is 11.9. The third-order valence-electron chi connectivity index (χ3n) is 2.86. The molecule has 1 amide bonds. The van der Waals surface area contributed by atoms with Crippen LogP contribution >= 0.6 is 15.9 Å². The number of carbonyl (C=O) groups is 1. The minimum atomic E-state index is -0.178. The van der Waals surface area contributed by atoms with E-state index >= 15 is 0 Å². The van der Waals surface area contributed by atoms with Crippen LogP contribution in [-0.4, -0.2) is 12.5 Å². The van der Waals surface area contributed by atoms with Crippen LogP contribution in [0.5, 0.6) is 5.75 Å². The first kappa shape index (κ1) is 14.6. The lowest BCUT2D eigenvalue weighted by Gasteiger charge is -2.11. The lowest BCUT2D eigenvalue weighted by molar-refractivity contribution is -0.118. The molecule has 2 rings (SSSR count). The van der Waals surface area contributed by atoms with Crippen molar-refractivity contribution >= 4 is 27.5 Å². The Morgan fingerprint density at radius 3 is 2.60 bits per heavy atom. The maximum atomic E-state index is 11.9. The molecule has 1 N–H and O–H groups in total. The molecule has 4 heteroatoms. The van der Waals surface area contributed by atoms with Crippen LogP contribution in [0.25, 0.3) is 0 Å². The van der Waals surface area contributed by atoms with Gasteiger partial charge in [0.05, 0.1) is 5.69 Å². The van der Waals surface area contributed by atoms with E-state index in [9.17, 15) is 4.79 Å². The van der Waals surface area contributed by atoms with Crippen molar-refractivity contribution in [2.24, 2.45) is 0 Å². The van der Waals surface area contributed by atoms with Gasteiger partial charge in [-0.05, 0) is 46.1 Å². The number of rotatable bonds is 5. The van der Waals surface area contributed by atoms with Crippen LogP contribution in [0, 0.1) is 0 Å². The Morgan fingerprint density at radius 2 is 1.85 bits per heavy atom. The highest BCUT2D eigenvalue weighted by molar-refractivity contribution is 9.10. The Balaban J connectivity index is 1.94. The van der Waals surface area contributed by atoms with Crippen LogP contribution in [0.4, 0.5) is 5.69 Å². The van der Waals surface area contributed by atoms with Crippen molar-refractivity contribution in [1.82, 2.24) is 0 Å². The third-order valence-corrected chi connectivity index (χ3v) is 3.55. The van der Waals surface area contributed by atoms with Crippen molar-refractivity contribution in [1.29, 1.82) is 0 Å². The summed E-state index contributed by atoms with van der Waals surface area (Å²) in [4.78, 5) is 11.9. The fourth-order valence-electron chi connectivity index (χ4n) is 1.83. The van der Waals surface area contributed by atoms with Gasteiger partial charge in [0.25, 0.3) is 5.91 Å². The van der Waals surface area contributed by atoms with Gasteiger partial charge in [-0.2, -0.15) is 0 Å². The van der Waals surface area contributed by atoms with Gasteiger partial charge in [0, 0.05) is 4.47 Å². The molecule has 0 saturated heterocycles. The second-order valence-electron chi connectivity index (χ2n) is 4.28. The highest BCUT2D eigenvalue weighted by atomic mass is 79.9. The van der Waals surface area contributed by atoms with Crippen LogP contribution in [0.2, 0.25) is 0 Å². The summed E-state index contributed by atoms with van der Waals surface area (Å²) in [6, 6.07) is 15.2. The smallest absolute Gasteiger partial charge is 0.262 e. The third kappa shape index (κ3) is 3.84. The van der Waals surface area contributed by atoms with E-state index in [0.29, 0.717) is 0 Å². The van der Waals surface area contributed by atoms with Gasteiger partial charge >= 0.3 is 0 Å². The molecule has 3 nitrogen and oxygen atoms in total. The fourth-order valence-corrected chi connectivity index (χ4v) is 2.21. The highest BCUT2D eigenvalue weighted by Crippen LogP contribution is 2.21. The lowest BCUT2D eigenvalue weighted by atomic mass is 10.1. The van der Waals surface area contributed by atoms with E-state index in [1.54, 1.807) is 0 Å². The first-order valence-corrected chi connectivity index (χ1v) is 7.25. The minimum absolute atomic E-state index is 0.00164. The molecule has 0 saturated carbocycles. The van der Waals surface area contributed by atoms with Gasteiger partial charge in [0.15, 0.2) is 6.61 Å². The predicted molar refractivity (Wildman–Crippen MR) is 84.1 cm³/mol. The number of halogens is 1. The zero-order valence-electron chi connectivity index (χ0n) is 11.2. The van der Waals surface area contributed by atoms with E-state index in [1.807, 2.05) is 48.5 Å². The Bertz CT molecular complexity index is 599. The normalized spacial score (nSPS) is 10.1. The van der Waals surface area contributed by atoms with Crippen LogP contribution in [-0.2, 0) is 11.2 Å². The summed E-state index contributed by atoms with van der Waals surface area (Å²) in [5.41, 5.74) is 1.84. The highest BCUT2D eigenvalue weighted by Gasteiger charge is 2.07. The number of nitrogens with one attached hydrogen (secondary N) is 1. The van der Waals surface area contributed by atoms with Crippen molar-refractivity contribution in [2.75, 3.05) is 11.9 Å². The summed E-state index contributed by atoms with van der Waals surface area (Å²) in [6.45, 7) is 2.06. The minimum Gasteiger partial charge on any atom is -0.483 e. The van der Waals surface area contributed by atoms with Gasteiger partial charge in [0.2, 0.25) is 0 Å². The molecule has 0 heterocycles. The average Bonchev–Trinajstić information content (AvgIpc) is 2.48. The number of hydrogen-bond donors (Lipinski definition) is 1. The van der Waals surface area contributed by atoms with Gasteiger partial charge in [-0.1, -0.05) is 37.3 Å². The second kappa shape index (κ2) is 7.10. The standard InChI is InChI=1S/C16H16BrNO2/c1-2-12-7-3-6-10-15(12)20-11-16(19)18-14-9-5-4-8-13(14)17/h3-10H,2,11H2,1H3,(H,18,19). The van der Waals surface area contributed by atoms with E-state index in [2.05, 4.69) is 28.2 Å². The summed E-state index contributed by atoms with van der Waals surface area (Å²) in [7, 11) is 0. The first-order valence-electron chi connectivity index (χ1n) is 6.45. The topological polar surface area (TPSA) is 38.3 Å². The molecule has 0 fully saturated rings. The van der Waals surface area contributed by atoms with Crippen molar-refractivity contribution in [2.45, 2.75) is 13.3 Å². The first-order chi connectivity index (χ1) is 9.70. The van der Waals surface area contributed by atoms with E-state index in [4.69, 9.17) is 4.74 Å². The summed E-state index contributed by atoms with van der Waals surface area (Å²) in [5, 5.41) is 2.81. The molecule has 20 heavy (non-hydrogen) atoms. The second-order valence-corrected chi connectivity index (χ2v) is 5.13. The number of amides is 1. The van der Waals surface area contributed by atoms with Crippen LogP contribution < -0.4 is 10.1 Å². The lowest BCUT2D eigenvalue weighted by Crippen LogP contribution is -2.20. The van der Waals surface area contributed by atoms with E-state index in [1.165, 1.54) is 0 Å². The zero-order valence-corrected chi connectivity index (χ0v) is 12.8.